The smallest absolute Gasteiger partial charge is 0.255 e. The van der Waals surface area contributed by atoms with E-state index < -0.39 is 0 Å². The number of benzene rings is 1. The van der Waals surface area contributed by atoms with Crippen molar-refractivity contribution in [1.82, 2.24) is 5.32 Å². The first kappa shape index (κ1) is 17.3. The van der Waals surface area contributed by atoms with Gasteiger partial charge in [0.25, 0.3) is 5.91 Å². The van der Waals surface area contributed by atoms with Crippen LogP contribution in [0, 0.1) is 6.92 Å². The maximum absolute atomic E-state index is 12.0. The molecular weight excluding hydrogens is 264 g/mol. The highest BCUT2D eigenvalue weighted by atomic mass is 35.5. The molecule has 0 aliphatic carbocycles. The van der Waals surface area contributed by atoms with Crippen molar-refractivity contribution in [3.63, 3.8) is 0 Å². The summed E-state index contributed by atoms with van der Waals surface area (Å²) in [5.41, 5.74) is 7.64. The number of amides is 1. The molecule has 0 unspecified atom stereocenters. The third kappa shape index (κ3) is 4.83. The Bertz CT molecular complexity index is 447. The molecule has 1 amide bonds. The normalized spacial score (nSPS) is 9.37. The van der Waals surface area contributed by atoms with Crippen LogP contribution in [0.3, 0.4) is 0 Å². The standard InChI is InChI=1S/C14H20N2O2.ClH/c1-4-6-16-14(17)12-9-11(15)8-10(3)13(12)18-7-5-2;/h5,8-9H,2,4,6-7,15H2,1,3H3,(H,16,17);1H. The summed E-state index contributed by atoms with van der Waals surface area (Å²) >= 11 is 0. The zero-order valence-electron chi connectivity index (χ0n) is 11.4. The van der Waals surface area contributed by atoms with Crippen LogP contribution < -0.4 is 15.8 Å². The van der Waals surface area contributed by atoms with Crippen molar-refractivity contribution in [2.75, 3.05) is 18.9 Å². The SMILES string of the molecule is C=CCOc1c(C)cc(N)cc1C(=O)NCCC.Cl. The lowest BCUT2D eigenvalue weighted by Crippen LogP contribution is -2.25. The summed E-state index contributed by atoms with van der Waals surface area (Å²) in [6.07, 6.45) is 2.53. The number of nitrogen functional groups attached to an aromatic ring is 1. The van der Waals surface area contributed by atoms with Crippen LogP contribution in [0.2, 0.25) is 0 Å². The summed E-state index contributed by atoms with van der Waals surface area (Å²) in [5.74, 6) is 0.406. The summed E-state index contributed by atoms with van der Waals surface area (Å²) in [6.45, 7) is 8.46. The van der Waals surface area contributed by atoms with Gasteiger partial charge in [-0.15, -0.1) is 12.4 Å². The maximum Gasteiger partial charge on any atom is 0.255 e. The van der Waals surface area contributed by atoms with Gasteiger partial charge in [0.1, 0.15) is 12.4 Å². The Balaban J connectivity index is 0.00000324. The Morgan fingerprint density at radius 2 is 2.21 bits per heavy atom. The molecule has 0 atom stereocenters. The van der Waals surface area contributed by atoms with Crippen LogP contribution in [0.5, 0.6) is 5.75 Å². The summed E-state index contributed by atoms with van der Waals surface area (Å²) < 4.78 is 5.54. The molecule has 1 rings (SSSR count). The molecule has 0 aliphatic rings. The summed E-state index contributed by atoms with van der Waals surface area (Å²) in [7, 11) is 0. The lowest BCUT2D eigenvalue weighted by molar-refractivity contribution is 0.0950. The van der Waals surface area contributed by atoms with Crippen molar-refractivity contribution >= 4 is 24.0 Å². The molecule has 0 spiro atoms. The molecule has 5 heteroatoms. The molecule has 19 heavy (non-hydrogen) atoms. The van der Waals surface area contributed by atoms with Gasteiger partial charge in [-0.1, -0.05) is 19.6 Å². The van der Waals surface area contributed by atoms with E-state index in [1.807, 2.05) is 13.8 Å². The zero-order valence-corrected chi connectivity index (χ0v) is 12.2. The summed E-state index contributed by atoms with van der Waals surface area (Å²) in [5, 5.41) is 2.82. The number of anilines is 1. The maximum atomic E-state index is 12.0. The van der Waals surface area contributed by atoms with Gasteiger partial charge in [0.2, 0.25) is 0 Å². The molecule has 0 radical (unpaired) electrons. The Kier molecular flexibility index (Phi) is 7.68. The fraction of sp³-hybridized carbons (Fsp3) is 0.357. The third-order valence-corrected chi connectivity index (χ3v) is 2.42. The second-order valence-corrected chi connectivity index (χ2v) is 4.07. The van der Waals surface area contributed by atoms with Crippen molar-refractivity contribution < 1.29 is 9.53 Å². The predicted octanol–water partition coefficient (Wildman–Crippen LogP) is 2.70. The summed E-state index contributed by atoms with van der Waals surface area (Å²) in [6, 6.07) is 3.42. The molecule has 106 valence electrons. The number of carbonyl (C=O) groups is 1. The lowest BCUT2D eigenvalue weighted by Gasteiger charge is -2.14. The molecule has 1 aromatic rings. The third-order valence-electron chi connectivity index (χ3n) is 2.42. The monoisotopic (exact) mass is 284 g/mol. The summed E-state index contributed by atoms with van der Waals surface area (Å²) in [4.78, 5) is 12.0. The molecule has 0 bridgehead atoms. The minimum atomic E-state index is -0.161. The topological polar surface area (TPSA) is 64.3 Å². The van der Waals surface area contributed by atoms with Crippen LogP contribution in [0.15, 0.2) is 24.8 Å². The molecule has 3 N–H and O–H groups in total. The van der Waals surface area contributed by atoms with Crippen LogP contribution in [-0.2, 0) is 0 Å². The first-order chi connectivity index (χ1) is 8.60. The number of carbonyl (C=O) groups excluding carboxylic acids is 1. The van der Waals surface area contributed by atoms with Gasteiger partial charge in [-0.25, -0.2) is 0 Å². The van der Waals surface area contributed by atoms with E-state index in [1.54, 1.807) is 18.2 Å². The largest absolute Gasteiger partial charge is 0.488 e. The van der Waals surface area contributed by atoms with Gasteiger partial charge < -0.3 is 15.8 Å². The molecule has 0 aromatic heterocycles. The van der Waals surface area contributed by atoms with Crippen molar-refractivity contribution in [2.24, 2.45) is 0 Å². The van der Waals surface area contributed by atoms with Crippen LogP contribution >= 0.6 is 12.4 Å². The number of aryl methyl sites for hydroxylation is 1. The number of hydrogen-bond donors (Lipinski definition) is 2. The van der Waals surface area contributed by atoms with Gasteiger partial charge in [0.15, 0.2) is 0 Å². The Labute approximate surface area is 120 Å². The van der Waals surface area contributed by atoms with Gasteiger partial charge in [-0.2, -0.15) is 0 Å². The van der Waals surface area contributed by atoms with Gasteiger partial charge in [-0.3, -0.25) is 4.79 Å². The van der Waals surface area contributed by atoms with Crippen LogP contribution in [-0.4, -0.2) is 19.1 Å². The first-order valence-corrected chi connectivity index (χ1v) is 6.02. The van der Waals surface area contributed by atoms with Gasteiger partial charge in [0, 0.05) is 12.2 Å². The second kappa shape index (κ2) is 8.43. The molecule has 0 aliphatic heterocycles. The van der Waals surface area contributed by atoms with E-state index in [0.717, 1.165) is 12.0 Å². The second-order valence-electron chi connectivity index (χ2n) is 4.07. The molecule has 1 aromatic carbocycles. The van der Waals surface area contributed by atoms with Crippen LogP contribution in [0.1, 0.15) is 29.3 Å². The average Bonchev–Trinajstić information content (AvgIpc) is 2.34. The van der Waals surface area contributed by atoms with Gasteiger partial charge in [0.05, 0.1) is 5.56 Å². The number of ether oxygens (including phenoxy) is 1. The van der Waals surface area contributed by atoms with E-state index >= 15 is 0 Å². The molecule has 0 fully saturated rings. The fourth-order valence-corrected chi connectivity index (χ4v) is 1.64. The number of hydrogen-bond acceptors (Lipinski definition) is 3. The zero-order chi connectivity index (χ0) is 13.5. The van der Waals surface area contributed by atoms with Crippen LogP contribution in [0.25, 0.3) is 0 Å². The highest BCUT2D eigenvalue weighted by molar-refractivity contribution is 5.98. The van der Waals surface area contributed by atoms with Crippen molar-refractivity contribution in [1.29, 1.82) is 0 Å². The van der Waals surface area contributed by atoms with Gasteiger partial charge >= 0.3 is 0 Å². The van der Waals surface area contributed by atoms with E-state index in [4.69, 9.17) is 10.5 Å². The van der Waals surface area contributed by atoms with E-state index in [-0.39, 0.29) is 18.3 Å². The van der Waals surface area contributed by atoms with E-state index in [9.17, 15) is 4.79 Å². The number of halogens is 1. The van der Waals surface area contributed by atoms with E-state index in [1.165, 1.54) is 0 Å². The molecular formula is C14H21ClN2O2. The number of rotatable bonds is 6. The highest BCUT2D eigenvalue weighted by Gasteiger charge is 2.15. The quantitative estimate of drug-likeness (QED) is 0.623. The predicted molar refractivity (Wildman–Crippen MR) is 81.2 cm³/mol. The van der Waals surface area contributed by atoms with Crippen molar-refractivity contribution in [2.45, 2.75) is 20.3 Å². The number of nitrogens with two attached hydrogens (primary N) is 1. The van der Waals surface area contributed by atoms with Crippen molar-refractivity contribution in [3.8, 4) is 5.75 Å². The fourth-order valence-electron chi connectivity index (χ4n) is 1.64. The molecule has 0 saturated carbocycles. The Hall–Kier alpha value is -1.68. The average molecular weight is 285 g/mol. The van der Waals surface area contributed by atoms with E-state index in [2.05, 4.69) is 11.9 Å². The molecule has 0 saturated heterocycles. The highest BCUT2D eigenvalue weighted by Crippen LogP contribution is 2.26. The minimum absolute atomic E-state index is 0. The Morgan fingerprint density at radius 1 is 1.53 bits per heavy atom. The first-order valence-electron chi connectivity index (χ1n) is 6.02. The molecule has 4 nitrogen and oxygen atoms in total. The minimum Gasteiger partial charge on any atom is -0.488 e. The molecule has 0 heterocycles. The van der Waals surface area contributed by atoms with Crippen LogP contribution in [0.4, 0.5) is 5.69 Å². The van der Waals surface area contributed by atoms with Gasteiger partial charge in [-0.05, 0) is 31.0 Å². The Morgan fingerprint density at radius 3 is 2.79 bits per heavy atom. The van der Waals surface area contributed by atoms with Crippen molar-refractivity contribution in [3.05, 3.63) is 35.9 Å². The lowest BCUT2D eigenvalue weighted by atomic mass is 10.1. The van der Waals surface area contributed by atoms with E-state index in [0.29, 0.717) is 30.2 Å². The number of nitrogens with one attached hydrogen (secondary N) is 1.